The predicted molar refractivity (Wildman–Crippen MR) is 71.8 cm³/mol. The molecule has 1 unspecified atom stereocenters. The van der Waals surface area contributed by atoms with E-state index in [1.807, 2.05) is 24.3 Å². The zero-order chi connectivity index (χ0) is 13.9. The fourth-order valence-electron chi connectivity index (χ4n) is 1.63. The van der Waals surface area contributed by atoms with Crippen LogP contribution in [0.2, 0.25) is 0 Å². The topological polar surface area (TPSA) is 98.6 Å². The maximum atomic E-state index is 11.6. The van der Waals surface area contributed by atoms with Crippen LogP contribution in [0.5, 0.6) is 0 Å². The third kappa shape index (κ3) is 3.10. The molecule has 100 valence electrons. The van der Waals surface area contributed by atoms with Crippen molar-refractivity contribution in [2.45, 2.75) is 18.6 Å². The molecule has 0 aliphatic rings. The van der Waals surface area contributed by atoms with E-state index in [2.05, 4.69) is 14.7 Å². The van der Waals surface area contributed by atoms with E-state index >= 15 is 0 Å². The van der Waals surface area contributed by atoms with Gasteiger partial charge < -0.3 is 4.98 Å². The molecule has 7 heteroatoms. The van der Waals surface area contributed by atoms with Gasteiger partial charge in [-0.2, -0.15) is 5.26 Å². The van der Waals surface area contributed by atoms with Gasteiger partial charge >= 0.3 is 0 Å². The van der Waals surface area contributed by atoms with Crippen molar-refractivity contribution in [2.24, 2.45) is 0 Å². The number of hydrogen-bond acceptors (Lipinski definition) is 4. The summed E-state index contributed by atoms with van der Waals surface area (Å²) in [7, 11) is -3.56. The first-order valence-electron chi connectivity index (χ1n) is 5.84. The Hall–Kier alpha value is -1.91. The quantitative estimate of drug-likeness (QED) is 0.850. The van der Waals surface area contributed by atoms with E-state index in [-0.39, 0.29) is 6.54 Å². The van der Waals surface area contributed by atoms with Crippen molar-refractivity contribution < 1.29 is 8.42 Å². The molecular weight excluding hydrogens is 264 g/mol. The summed E-state index contributed by atoms with van der Waals surface area (Å²) in [5.41, 5.74) is 1.77. The van der Waals surface area contributed by atoms with Gasteiger partial charge in [0.25, 0.3) is 0 Å². The predicted octanol–water partition coefficient (Wildman–Crippen LogP) is 0.937. The largest absolute Gasteiger partial charge is 0.342 e. The van der Waals surface area contributed by atoms with Gasteiger partial charge in [-0.25, -0.2) is 18.1 Å². The minimum absolute atomic E-state index is 0.216. The molecule has 1 heterocycles. The Morgan fingerprint density at radius 2 is 2.21 bits per heavy atom. The number of nitriles is 1. The average molecular weight is 278 g/mol. The number of nitrogens with one attached hydrogen (secondary N) is 2. The first kappa shape index (κ1) is 13.5. The van der Waals surface area contributed by atoms with Gasteiger partial charge in [0, 0.05) is 13.0 Å². The van der Waals surface area contributed by atoms with Gasteiger partial charge in [-0.3, -0.25) is 0 Å². The van der Waals surface area contributed by atoms with Crippen LogP contribution >= 0.6 is 0 Å². The van der Waals surface area contributed by atoms with E-state index in [9.17, 15) is 8.42 Å². The Morgan fingerprint density at radius 3 is 2.89 bits per heavy atom. The van der Waals surface area contributed by atoms with E-state index in [4.69, 9.17) is 5.26 Å². The molecule has 2 rings (SSSR count). The van der Waals surface area contributed by atoms with Crippen LogP contribution in [0.15, 0.2) is 24.3 Å². The molecule has 19 heavy (non-hydrogen) atoms. The lowest BCUT2D eigenvalue weighted by molar-refractivity contribution is 0.576. The summed E-state index contributed by atoms with van der Waals surface area (Å²) in [6.07, 6.45) is 0.450. The summed E-state index contributed by atoms with van der Waals surface area (Å²) in [5.74, 6) is 0.716. The maximum Gasteiger partial charge on any atom is 0.227 e. The molecule has 0 saturated heterocycles. The molecule has 0 saturated carbocycles. The zero-order valence-electron chi connectivity index (χ0n) is 10.4. The van der Waals surface area contributed by atoms with Gasteiger partial charge in [0.2, 0.25) is 10.0 Å². The zero-order valence-corrected chi connectivity index (χ0v) is 11.2. The van der Waals surface area contributed by atoms with Gasteiger partial charge in [0.1, 0.15) is 5.82 Å². The van der Waals surface area contributed by atoms with Gasteiger partial charge in [0.05, 0.1) is 17.1 Å². The molecule has 1 aromatic carbocycles. The van der Waals surface area contributed by atoms with Crippen molar-refractivity contribution >= 4 is 21.1 Å². The smallest absolute Gasteiger partial charge is 0.227 e. The van der Waals surface area contributed by atoms with Crippen LogP contribution in [0.3, 0.4) is 0 Å². The molecule has 0 bridgehead atoms. The Balaban J connectivity index is 1.98. The molecule has 6 nitrogen and oxygen atoms in total. The molecule has 2 N–H and O–H groups in total. The number of benzene rings is 1. The van der Waals surface area contributed by atoms with Crippen LogP contribution in [0.25, 0.3) is 11.0 Å². The second-order valence-corrected chi connectivity index (χ2v) is 6.25. The highest BCUT2D eigenvalue weighted by atomic mass is 32.2. The lowest BCUT2D eigenvalue weighted by Crippen LogP contribution is -2.33. The Bertz CT molecular complexity index is 682. The Kier molecular flexibility index (Phi) is 3.83. The molecule has 0 radical (unpaired) electrons. The number of aromatic nitrogens is 2. The van der Waals surface area contributed by atoms with E-state index in [0.717, 1.165) is 11.0 Å². The van der Waals surface area contributed by atoms with Gasteiger partial charge in [-0.15, -0.1) is 0 Å². The summed E-state index contributed by atoms with van der Waals surface area (Å²) < 4.78 is 25.5. The van der Waals surface area contributed by atoms with Crippen molar-refractivity contribution in [3.8, 4) is 6.07 Å². The minimum atomic E-state index is -3.56. The van der Waals surface area contributed by atoms with E-state index in [1.165, 1.54) is 6.92 Å². The van der Waals surface area contributed by atoms with Gasteiger partial charge in [0.15, 0.2) is 5.25 Å². The van der Waals surface area contributed by atoms with E-state index in [0.29, 0.717) is 12.2 Å². The SMILES string of the molecule is CC(C#N)S(=O)(=O)NCCc1nc2ccccc2[nH]1. The molecule has 0 amide bonds. The van der Waals surface area contributed by atoms with E-state index in [1.54, 1.807) is 6.07 Å². The second-order valence-electron chi connectivity index (χ2n) is 4.16. The number of aromatic amines is 1. The van der Waals surface area contributed by atoms with Crippen molar-refractivity contribution in [1.82, 2.24) is 14.7 Å². The summed E-state index contributed by atoms with van der Waals surface area (Å²) in [4.78, 5) is 7.46. The first-order chi connectivity index (χ1) is 9.03. The molecule has 1 aromatic heterocycles. The minimum Gasteiger partial charge on any atom is -0.342 e. The van der Waals surface area contributed by atoms with Crippen LogP contribution in [-0.2, 0) is 16.4 Å². The van der Waals surface area contributed by atoms with Crippen molar-refractivity contribution in [3.05, 3.63) is 30.1 Å². The highest BCUT2D eigenvalue weighted by Crippen LogP contribution is 2.10. The van der Waals surface area contributed by atoms with Crippen molar-refractivity contribution in [1.29, 1.82) is 5.26 Å². The van der Waals surface area contributed by atoms with E-state index < -0.39 is 15.3 Å². The number of imidazole rings is 1. The average Bonchev–Trinajstić information content (AvgIpc) is 2.80. The number of nitrogens with zero attached hydrogens (tertiary/aromatic N) is 2. The van der Waals surface area contributed by atoms with Crippen LogP contribution in [-0.4, -0.2) is 30.2 Å². The number of hydrogen-bond donors (Lipinski definition) is 2. The van der Waals surface area contributed by atoms with Crippen molar-refractivity contribution in [2.75, 3.05) is 6.54 Å². The Labute approximate surface area is 111 Å². The monoisotopic (exact) mass is 278 g/mol. The number of sulfonamides is 1. The fraction of sp³-hybridized carbons (Fsp3) is 0.333. The molecule has 0 spiro atoms. The molecule has 1 atom stereocenters. The van der Waals surface area contributed by atoms with Crippen LogP contribution in [0, 0.1) is 11.3 Å². The van der Waals surface area contributed by atoms with Crippen LogP contribution < -0.4 is 4.72 Å². The van der Waals surface area contributed by atoms with Crippen molar-refractivity contribution in [3.63, 3.8) is 0 Å². The summed E-state index contributed by atoms with van der Waals surface area (Å²) in [6, 6.07) is 9.30. The third-order valence-electron chi connectivity index (χ3n) is 2.75. The number of para-hydroxylation sites is 2. The molecular formula is C12H14N4O2S. The highest BCUT2D eigenvalue weighted by Gasteiger charge is 2.19. The Morgan fingerprint density at radius 1 is 1.47 bits per heavy atom. The number of fused-ring (bicyclic) bond motifs is 1. The maximum absolute atomic E-state index is 11.6. The molecule has 2 aromatic rings. The lowest BCUT2D eigenvalue weighted by Gasteiger charge is -2.06. The third-order valence-corrected chi connectivity index (χ3v) is 4.39. The number of rotatable bonds is 5. The first-order valence-corrected chi connectivity index (χ1v) is 7.39. The van der Waals surface area contributed by atoms with Crippen LogP contribution in [0.1, 0.15) is 12.7 Å². The number of H-pyrrole nitrogens is 1. The summed E-state index contributed by atoms with van der Waals surface area (Å²) >= 11 is 0. The molecule has 0 aliphatic carbocycles. The highest BCUT2D eigenvalue weighted by molar-refractivity contribution is 7.90. The summed E-state index contributed by atoms with van der Waals surface area (Å²) in [6.45, 7) is 1.57. The molecule has 0 aliphatic heterocycles. The summed E-state index contributed by atoms with van der Waals surface area (Å²) in [5, 5.41) is 7.54. The normalized spacial score (nSPS) is 13.3. The van der Waals surface area contributed by atoms with Gasteiger partial charge in [-0.1, -0.05) is 12.1 Å². The lowest BCUT2D eigenvalue weighted by atomic mass is 10.3. The molecule has 0 fully saturated rings. The van der Waals surface area contributed by atoms with Crippen LogP contribution in [0.4, 0.5) is 0 Å². The standard InChI is InChI=1S/C12H14N4O2S/c1-9(8-13)19(17,18)14-7-6-12-15-10-4-2-3-5-11(10)16-12/h2-5,9,14H,6-7H2,1H3,(H,15,16). The second kappa shape index (κ2) is 5.38. The van der Waals surface area contributed by atoms with Gasteiger partial charge in [-0.05, 0) is 19.1 Å². The fourth-order valence-corrected chi connectivity index (χ4v) is 2.41.